The number of aliphatic hydroxyl groups excluding tert-OH is 1. The number of hydrogen-bond donors (Lipinski definition) is 1. The molecule has 2 atom stereocenters. The van der Waals surface area contributed by atoms with Gasteiger partial charge in [-0.25, -0.2) is 0 Å². The number of rotatable bonds is 2. The summed E-state index contributed by atoms with van der Waals surface area (Å²) < 4.78 is 8.04. The molecule has 2 aliphatic rings. The molecular weight excluding hydrogens is 286 g/mol. The fourth-order valence-corrected chi connectivity index (χ4v) is 2.77. The summed E-state index contributed by atoms with van der Waals surface area (Å²) in [5.41, 5.74) is 0. The predicted molar refractivity (Wildman–Crippen MR) is 65.8 cm³/mol. The molecule has 3 heterocycles. The molecular formula is C11H16BrN3O2. The second kappa shape index (κ2) is 4.68. The Morgan fingerprint density at radius 2 is 2.29 bits per heavy atom. The van der Waals surface area contributed by atoms with Crippen molar-refractivity contribution in [3.8, 4) is 0 Å². The van der Waals surface area contributed by atoms with Gasteiger partial charge in [-0.2, -0.15) is 5.10 Å². The molecule has 1 aromatic heterocycles. The molecule has 0 saturated carbocycles. The summed E-state index contributed by atoms with van der Waals surface area (Å²) in [5, 5.41) is 14.4. The number of nitrogens with zero attached hydrogens (tertiary/aromatic N) is 3. The lowest BCUT2D eigenvalue weighted by atomic mass is 10.00. The Balaban J connectivity index is 1.72. The fourth-order valence-electron chi connectivity index (χ4n) is 2.47. The second-order valence-electron chi connectivity index (χ2n) is 4.75. The molecule has 94 valence electrons. The first-order chi connectivity index (χ1) is 8.24. The van der Waals surface area contributed by atoms with Crippen molar-refractivity contribution in [1.29, 1.82) is 0 Å². The second-order valence-corrected chi connectivity index (χ2v) is 5.66. The van der Waals surface area contributed by atoms with E-state index in [9.17, 15) is 5.11 Å². The van der Waals surface area contributed by atoms with E-state index in [1.807, 2.05) is 10.9 Å². The average Bonchev–Trinajstić information content (AvgIpc) is 2.65. The SMILES string of the molecule is O[C@@H]1CCN(C2COC2)C[C@H]1n1cc(Br)cn1. The summed E-state index contributed by atoms with van der Waals surface area (Å²) >= 11 is 3.39. The first-order valence-corrected chi connectivity index (χ1v) is 6.73. The zero-order chi connectivity index (χ0) is 11.8. The highest BCUT2D eigenvalue weighted by Gasteiger charge is 2.35. The maximum absolute atomic E-state index is 10.1. The maximum Gasteiger partial charge on any atom is 0.0905 e. The van der Waals surface area contributed by atoms with Gasteiger partial charge in [0.1, 0.15) is 0 Å². The Labute approximate surface area is 108 Å². The van der Waals surface area contributed by atoms with E-state index in [2.05, 4.69) is 25.9 Å². The quantitative estimate of drug-likeness (QED) is 0.871. The average molecular weight is 302 g/mol. The minimum Gasteiger partial charge on any atom is -0.391 e. The Morgan fingerprint density at radius 3 is 2.88 bits per heavy atom. The Morgan fingerprint density at radius 1 is 1.47 bits per heavy atom. The smallest absolute Gasteiger partial charge is 0.0905 e. The molecule has 0 aromatic carbocycles. The number of hydrogen-bond acceptors (Lipinski definition) is 4. The van der Waals surface area contributed by atoms with Gasteiger partial charge in [-0.15, -0.1) is 0 Å². The maximum atomic E-state index is 10.1. The first-order valence-electron chi connectivity index (χ1n) is 5.93. The lowest BCUT2D eigenvalue weighted by Gasteiger charge is -2.43. The van der Waals surface area contributed by atoms with Crippen LogP contribution in [0, 0.1) is 0 Å². The number of aliphatic hydroxyl groups is 1. The van der Waals surface area contributed by atoms with Crippen LogP contribution >= 0.6 is 15.9 Å². The summed E-state index contributed by atoms with van der Waals surface area (Å²) in [4.78, 5) is 2.40. The van der Waals surface area contributed by atoms with Gasteiger partial charge in [0.15, 0.2) is 0 Å². The van der Waals surface area contributed by atoms with Crippen LogP contribution in [0.5, 0.6) is 0 Å². The molecule has 2 aliphatic heterocycles. The van der Waals surface area contributed by atoms with Crippen LogP contribution in [0.25, 0.3) is 0 Å². The number of piperidine rings is 1. The predicted octanol–water partition coefficient (Wildman–Crippen LogP) is 0.652. The van der Waals surface area contributed by atoms with Gasteiger partial charge in [-0.05, 0) is 22.4 Å². The van der Waals surface area contributed by atoms with E-state index < -0.39 is 0 Å². The third-order valence-corrected chi connectivity index (χ3v) is 4.03. The van der Waals surface area contributed by atoms with Crippen LogP contribution in [0.3, 0.4) is 0 Å². The van der Waals surface area contributed by atoms with Crippen LogP contribution in [-0.2, 0) is 4.74 Å². The van der Waals surface area contributed by atoms with Gasteiger partial charge >= 0.3 is 0 Å². The third kappa shape index (κ3) is 2.27. The lowest BCUT2D eigenvalue weighted by Crippen LogP contribution is -2.55. The first kappa shape index (κ1) is 11.6. The molecule has 1 N–H and O–H groups in total. The van der Waals surface area contributed by atoms with Crippen molar-refractivity contribution in [2.75, 3.05) is 26.3 Å². The van der Waals surface area contributed by atoms with Crippen LogP contribution in [0.4, 0.5) is 0 Å². The van der Waals surface area contributed by atoms with Gasteiger partial charge < -0.3 is 9.84 Å². The van der Waals surface area contributed by atoms with Gasteiger partial charge in [0.25, 0.3) is 0 Å². The number of ether oxygens (including phenoxy) is 1. The minimum absolute atomic E-state index is 0.0515. The van der Waals surface area contributed by atoms with Crippen molar-refractivity contribution >= 4 is 15.9 Å². The lowest BCUT2D eigenvalue weighted by molar-refractivity contribution is -0.0913. The summed E-state index contributed by atoms with van der Waals surface area (Å²) in [6.07, 6.45) is 4.19. The van der Waals surface area contributed by atoms with Gasteiger partial charge in [-0.1, -0.05) is 0 Å². The van der Waals surface area contributed by atoms with Crippen molar-refractivity contribution in [2.24, 2.45) is 0 Å². The van der Waals surface area contributed by atoms with Crippen molar-refractivity contribution in [1.82, 2.24) is 14.7 Å². The Bertz CT molecular complexity index is 394. The summed E-state index contributed by atoms with van der Waals surface area (Å²) in [5.74, 6) is 0. The van der Waals surface area contributed by atoms with E-state index in [1.165, 1.54) is 0 Å². The molecule has 6 heteroatoms. The van der Waals surface area contributed by atoms with Crippen molar-refractivity contribution < 1.29 is 9.84 Å². The summed E-state index contributed by atoms with van der Waals surface area (Å²) in [7, 11) is 0. The molecule has 0 unspecified atom stereocenters. The molecule has 3 rings (SSSR count). The van der Waals surface area contributed by atoms with Crippen molar-refractivity contribution in [3.05, 3.63) is 16.9 Å². The van der Waals surface area contributed by atoms with Crippen LogP contribution in [0.1, 0.15) is 12.5 Å². The number of aromatic nitrogens is 2. The van der Waals surface area contributed by atoms with E-state index in [0.29, 0.717) is 6.04 Å². The van der Waals surface area contributed by atoms with E-state index in [-0.39, 0.29) is 12.1 Å². The molecule has 5 nitrogen and oxygen atoms in total. The van der Waals surface area contributed by atoms with E-state index in [0.717, 1.165) is 37.2 Å². The standard InChI is InChI=1S/C11H16BrN3O2/c12-8-3-13-15(4-8)10-5-14(2-1-11(10)16)9-6-17-7-9/h3-4,9-11,16H,1-2,5-7H2/t10-,11-/m1/s1. The molecule has 1 aromatic rings. The van der Waals surface area contributed by atoms with E-state index in [1.54, 1.807) is 6.20 Å². The van der Waals surface area contributed by atoms with Gasteiger partial charge in [0.05, 0.1) is 42.1 Å². The van der Waals surface area contributed by atoms with Gasteiger partial charge in [0.2, 0.25) is 0 Å². The minimum atomic E-state index is -0.306. The number of likely N-dealkylation sites (tertiary alicyclic amines) is 1. The molecule has 0 radical (unpaired) electrons. The van der Waals surface area contributed by atoms with Crippen molar-refractivity contribution in [2.45, 2.75) is 24.6 Å². The van der Waals surface area contributed by atoms with Crippen molar-refractivity contribution in [3.63, 3.8) is 0 Å². The third-order valence-electron chi connectivity index (χ3n) is 3.62. The molecule has 2 fully saturated rings. The zero-order valence-corrected chi connectivity index (χ0v) is 11.1. The van der Waals surface area contributed by atoms with Crippen LogP contribution in [0.15, 0.2) is 16.9 Å². The Kier molecular flexibility index (Phi) is 3.21. The largest absolute Gasteiger partial charge is 0.391 e. The Hall–Kier alpha value is -0.430. The summed E-state index contributed by atoms with van der Waals surface area (Å²) in [6.45, 7) is 3.45. The molecule has 17 heavy (non-hydrogen) atoms. The topological polar surface area (TPSA) is 50.5 Å². The molecule has 0 bridgehead atoms. The summed E-state index contributed by atoms with van der Waals surface area (Å²) in [6, 6.07) is 0.583. The molecule has 0 spiro atoms. The highest BCUT2D eigenvalue weighted by Crippen LogP contribution is 2.26. The van der Waals surface area contributed by atoms with Gasteiger partial charge in [0, 0.05) is 19.3 Å². The fraction of sp³-hybridized carbons (Fsp3) is 0.727. The molecule has 0 amide bonds. The highest BCUT2D eigenvalue weighted by molar-refractivity contribution is 9.10. The number of halogens is 1. The van der Waals surface area contributed by atoms with Crippen LogP contribution in [-0.4, -0.2) is 58.2 Å². The highest BCUT2D eigenvalue weighted by atomic mass is 79.9. The zero-order valence-electron chi connectivity index (χ0n) is 9.50. The van der Waals surface area contributed by atoms with Gasteiger partial charge in [-0.3, -0.25) is 9.58 Å². The monoisotopic (exact) mass is 301 g/mol. The van der Waals surface area contributed by atoms with E-state index in [4.69, 9.17) is 4.74 Å². The molecule has 2 saturated heterocycles. The molecule has 0 aliphatic carbocycles. The van der Waals surface area contributed by atoms with Crippen LogP contribution < -0.4 is 0 Å². The van der Waals surface area contributed by atoms with Crippen LogP contribution in [0.2, 0.25) is 0 Å². The normalized spacial score (nSPS) is 31.4. The van der Waals surface area contributed by atoms with E-state index >= 15 is 0 Å².